The van der Waals surface area contributed by atoms with Gasteiger partial charge in [-0.1, -0.05) is 0 Å². The van der Waals surface area contributed by atoms with Crippen molar-refractivity contribution in [3.63, 3.8) is 0 Å². The van der Waals surface area contributed by atoms with E-state index >= 15 is 0 Å². The molecule has 1 aromatic carbocycles. The highest BCUT2D eigenvalue weighted by Crippen LogP contribution is 2.37. The number of carbonyl (C=O) groups excluding carboxylic acids is 1. The average Bonchev–Trinajstić information content (AvgIpc) is 3.17. The first kappa shape index (κ1) is 13.8. The standard InChI is InChI=1S/C14H12Br2N2O2/c15-12-3-9(6-19)4-13(16)14(12)20-7-11-5-17-8-18(11)10-1-2-10/h3-6,8,10H,1-2,7H2. The summed E-state index contributed by atoms with van der Waals surface area (Å²) >= 11 is 6.85. The van der Waals surface area contributed by atoms with Crippen LogP contribution < -0.4 is 4.74 Å². The topological polar surface area (TPSA) is 44.1 Å². The third-order valence-corrected chi connectivity index (χ3v) is 4.39. The van der Waals surface area contributed by atoms with Crippen LogP contribution in [0.2, 0.25) is 0 Å². The van der Waals surface area contributed by atoms with Gasteiger partial charge in [0.15, 0.2) is 0 Å². The third-order valence-electron chi connectivity index (χ3n) is 3.21. The summed E-state index contributed by atoms with van der Waals surface area (Å²) < 4.78 is 9.54. The molecule has 0 saturated heterocycles. The van der Waals surface area contributed by atoms with Gasteiger partial charge in [-0.25, -0.2) is 4.98 Å². The van der Waals surface area contributed by atoms with Crippen LogP contribution in [0, 0.1) is 0 Å². The number of carbonyl (C=O) groups is 1. The average molecular weight is 400 g/mol. The Balaban J connectivity index is 1.78. The second-order valence-corrected chi connectivity index (χ2v) is 6.45. The van der Waals surface area contributed by atoms with Crippen LogP contribution in [0.5, 0.6) is 5.75 Å². The molecule has 1 aromatic heterocycles. The molecule has 0 bridgehead atoms. The summed E-state index contributed by atoms with van der Waals surface area (Å²) in [5.74, 6) is 0.694. The molecule has 1 fully saturated rings. The molecule has 1 heterocycles. The largest absolute Gasteiger partial charge is 0.485 e. The molecule has 1 aliphatic rings. The zero-order valence-electron chi connectivity index (χ0n) is 10.6. The first-order valence-corrected chi connectivity index (χ1v) is 7.85. The van der Waals surface area contributed by atoms with Crippen molar-refractivity contribution in [1.82, 2.24) is 9.55 Å². The Morgan fingerprint density at radius 1 is 1.35 bits per heavy atom. The van der Waals surface area contributed by atoms with Crippen molar-refractivity contribution in [3.05, 3.63) is 44.9 Å². The van der Waals surface area contributed by atoms with Crippen molar-refractivity contribution >= 4 is 38.1 Å². The Bertz CT molecular complexity index is 627. The summed E-state index contributed by atoms with van der Waals surface area (Å²) in [6.07, 6.45) is 6.92. The van der Waals surface area contributed by atoms with Crippen LogP contribution in [-0.4, -0.2) is 15.8 Å². The van der Waals surface area contributed by atoms with E-state index in [0.717, 1.165) is 20.9 Å². The molecule has 0 radical (unpaired) electrons. The van der Waals surface area contributed by atoms with E-state index in [9.17, 15) is 4.79 Å². The maximum absolute atomic E-state index is 10.8. The molecule has 20 heavy (non-hydrogen) atoms. The molecule has 4 nitrogen and oxygen atoms in total. The van der Waals surface area contributed by atoms with E-state index in [1.54, 1.807) is 12.1 Å². The highest BCUT2D eigenvalue weighted by atomic mass is 79.9. The highest BCUT2D eigenvalue weighted by Gasteiger charge is 2.25. The van der Waals surface area contributed by atoms with Crippen molar-refractivity contribution in [2.75, 3.05) is 0 Å². The minimum atomic E-state index is 0.453. The lowest BCUT2D eigenvalue weighted by Gasteiger charge is -2.12. The maximum atomic E-state index is 10.8. The first-order chi connectivity index (χ1) is 9.69. The van der Waals surface area contributed by atoms with E-state index in [2.05, 4.69) is 41.4 Å². The van der Waals surface area contributed by atoms with Crippen molar-refractivity contribution in [2.45, 2.75) is 25.5 Å². The van der Waals surface area contributed by atoms with Gasteiger partial charge in [-0.15, -0.1) is 0 Å². The smallest absolute Gasteiger partial charge is 0.150 e. The SMILES string of the molecule is O=Cc1cc(Br)c(OCc2cncn2C2CC2)c(Br)c1. The minimum Gasteiger partial charge on any atom is -0.485 e. The Morgan fingerprint density at radius 2 is 2.05 bits per heavy atom. The molecule has 3 rings (SSSR count). The lowest BCUT2D eigenvalue weighted by Crippen LogP contribution is -2.04. The fourth-order valence-corrected chi connectivity index (χ4v) is 3.51. The van der Waals surface area contributed by atoms with Gasteiger partial charge in [0.2, 0.25) is 0 Å². The monoisotopic (exact) mass is 398 g/mol. The van der Waals surface area contributed by atoms with Gasteiger partial charge in [-0.05, 0) is 56.8 Å². The van der Waals surface area contributed by atoms with Crippen LogP contribution in [0.4, 0.5) is 0 Å². The predicted molar refractivity (Wildman–Crippen MR) is 82.1 cm³/mol. The molecule has 0 unspecified atom stereocenters. The molecule has 0 N–H and O–H groups in total. The highest BCUT2D eigenvalue weighted by molar-refractivity contribution is 9.11. The van der Waals surface area contributed by atoms with E-state index in [1.165, 1.54) is 12.8 Å². The van der Waals surface area contributed by atoms with Crippen molar-refractivity contribution < 1.29 is 9.53 Å². The Kier molecular flexibility index (Phi) is 3.94. The van der Waals surface area contributed by atoms with Gasteiger partial charge >= 0.3 is 0 Å². The van der Waals surface area contributed by atoms with Gasteiger partial charge < -0.3 is 9.30 Å². The van der Waals surface area contributed by atoms with Crippen LogP contribution >= 0.6 is 31.9 Å². The number of halogens is 2. The van der Waals surface area contributed by atoms with Crippen LogP contribution in [-0.2, 0) is 6.61 Å². The normalized spacial score (nSPS) is 14.3. The fourth-order valence-electron chi connectivity index (χ4n) is 2.06. The summed E-state index contributed by atoms with van der Waals surface area (Å²) in [5, 5.41) is 0. The summed E-state index contributed by atoms with van der Waals surface area (Å²) in [6, 6.07) is 4.07. The van der Waals surface area contributed by atoms with Gasteiger partial charge in [0.1, 0.15) is 18.6 Å². The van der Waals surface area contributed by atoms with Crippen LogP contribution in [0.15, 0.2) is 33.6 Å². The zero-order chi connectivity index (χ0) is 14.1. The molecule has 0 aliphatic heterocycles. The number of aromatic nitrogens is 2. The molecule has 2 aromatic rings. The number of ether oxygens (including phenoxy) is 1. The summed E-state index contributed by atoms with van der Waals surface area (Å²) in [4.78, 5) is 15.0. The van der Waals surface area contributed by atoms with Gasteiger partial charge in [0.05, 0.1) is 27.2 Å². The molecule has 1 aliphatic carbocycles. The Labute approximate surface area is 133 Å². The third kappa shape index (κ3) is 2.81. The number of hydrogen-bond acceptors (Lipinski definition) is 3. The molecule has 0 spiro atoms. The van der Waals surface area contributed by atoms with Crippen molar-refractivity contribution in [2.24, 2.45) is 0 Å². The summed E-state index contributed by atoms with van der Waals surface area (Å²) in [7, 11) is 0. The summed E-state index contributed by atoms with van der Waals surface area (Å²) in [5.41, 5.74) is 1.66. The number of aldehydes is 1. The van der Waals surface area contributed by atoms with E-state index in [0.29, 0.717) is 24.0 Å². The van der Waals surface area contributed by atoms with Crippen LogP contribution in [0.1, 0.15) is 34.9 Å². The maximum Gasteiger partial charge on any atom is 0.150 e. The molecule has 0 atom stereocenters. The molecule has 6 heteroatoms. The lowest BCUT2D eigenvalue weighted by atomic mass is 10.2. The molecule has 104 valence electrons. The number of benzene rings is 1. The number of hydrogen-bond donors (Lipinski definition) is 0. The number of rotatable bonds is 5. The minimum absolute atomic E-state index is 0.453. The summed E-state index contributed by atoms with van der Waals surface area (Å²) in [6.45, 7) is 0.453. The molecule has 1 saturated carbocycles. The molecular weight excluding hydrogens is 388 g/mol. The zero-order valence-corrected chi connectivity index (χ0v) is 13.7. The van der Waals surface area contributed by atoms with E-state index < -0.39 is 0 Å². The second kappa shape index (κ2) is 5.69. The van der Waals surface area contributed by atoms with Gasteiger partial charge in [0.25, 0.3) is 0 Å². The number of imidazole rings is 1. The van der Waals surface area contributed by atoms with Gasteiger partial charge in [0, 0.05) is 11.6 Å². The van der Waals surface area contributed by atoms with E-state index in [4.69, 9.17) is 4.74 Å². The fraction of sp³-hybridized carbons (Fsp3) is 0.286. The van der Waals surface area contributed by atoms with Crippen LogP contribution in [0.3, 0.4) is 0 Å². The second-order valence-electron chi connectivity index (χ2n) is 4.74. The lowest BCUT2D eigenvalue weighted by molar-refractivity contribution is 0.112. The van der Waals surface area contributed by atoms with Crippen molar-refractivity contribution in [3.8, 4) is 5.75 Å². The predicted octanol–water partition coefficient (Wildman–Crippen LogP) is 4.13. The van der Waals surface area contributed by atoms with Gasteiger partial charge in [-0.3, -0.25) is 4.79 Å². The quantitative estimate of drug-likeness (QED) is 0.710. The Morgan fingerprint density at radius 3 is 2.65 bits per heavy atom. The van der Waals surface area contributed by atoms with Crippen LogP contribution in [0.25, 0.3) is 0 Å². The molecular formula is C14H12Br2N2O2. The Hall–Kier alpha value is -1.14. The van der Waals surface area contributed by atoms with E-state index in [-0.39, 0.29) is 0 Å². The van der Waals surface area contributed by atoms with Gasteiger partial charge in [-0.2, -0.15) is 0 Å². The number of nitrogens with zero attached hydrogens (tertiary/aromatic N) is 2. The first-order valence-electron chi connectivity index (χ1n) is 6.26. The van der Waals surface area contributed by atoms with E-state index in [1.807, 2.05) is 12.5 Å². The molecule has 0 amide bonds. The van der Waals surface area contributed by atoms with Crippen molar-refractivity contribution in [1.29, 1.82) is 0 Å².